The summed E-state index contributed by atoms with van der Waals surface area (Å²) in [6.45, 7) is 0. The van der Waals surface area contributed by atoms with Gasteiger partial charge >= 0.3 is 6.03 Å². The number of fused-ring (bicyclic) bond motifs is 1. The molecule has 3 rings (SSSR count). The number of carbonyl (C=O) groups is 1. The number of urea groups is 1. The predicted octanol–water partition coefficient (Wildman–Crippen LogP) is 1.04. The van der Waals surface area contributed by atoms with E-state index < -0.39 is 15.9 Å². The number of nitrogens with one attached hydrogen (secondary N) is 1. The molecule has 0 spiro atoms. The van der Waals surface area contributed by atoms with Crippen molar-refractivity contribution < 1.29 is 17.9 Å². The van der Waals surface area contributed by atoms with Gasteiger partial charge in [0.2, 0.25) is 0 Å². The second-order valence-corrected chi connectivity index (χ2v) is 7.45. The summed E-state index contributed by atoms with van der Waals surface area (Å²) in [6, 6.07) is 3.85. The summed E-state index contributed by atoms with van der Waals surface area (Å²) in [7, 11) is -1.60. The van der Waals surface area contributed by atoms with E-state index in [2.05, 4.69) is 5.32 Å². The Morgan fingerprint density at radius 2 is 2.15 bits per heavy atom. The zero-order chi connectivity index (χ0) is 14.5. The highest BCUT2D eigenvalue weighted by molar-refractivity contribution is 7.91. The van der Waals surface area contributed by atoms with E-state index in [0.29, 0.717) is 16.5 Å². The van der Waals surface area contributed by atoms with Gasteiger partial charge in [-0.15, -0.1) is 0 Å². The van der Waals surface area contributed by atoms with Crippen LogP contribution in [0.4, 0.5) is 10.5 Å². The molecule has 1 N–H and O–H groups in total. The summed E-state index contributed by atoms with van der Waals surface area (Å²) in [5.74, 6) is 0.515. The molecule has 1 aromatic rings. The van der Waals surface area contributed by atoms with Crippen LogP contribution in [-0.4, -0.2) is 45.1 Å². The van der Waals surface area contributed by atoms with Crippen LogP contribution in [0.5, 0.6) is 5.75 Å². The zero-order valence-electron chi connectivity index (χ0n) is 10.7. The van der Waals surface area contributed by atoms with E-state index in [9.17, 15) is 13.2 Å². The summed E-state index contributed by atoms with van der Waals surface area (Å²) in [5.41, 5.74) is 0.495. The normalized spacial score (nSPS) is 27.3. The van der Waals surface area contributed by atoms with Crippen molar-refractivity contribution >= 4 is 33.2 Å². The average molecular weight is 317 g/mol. The second kappa shape index (κ2) is 4.53. The second-order valence-electron chi connectivity index (χ2n) is 4.89. The molecule has 0 bridgehead atoms. The number of benzene rings is 1. The van der Waals surface area contributed by atoms with Crippen molar-refractivity contribution in [3.8, 4) is 5.75 Å². The van der Waals surface area contributed by atoms with Gasteiger partial charge < -0.3 is 10.1 Å². The van der Waals surface area contributed by atoms with E-state index in [4.69, 9.17) is 16.3 Å². The van der Waals surface area contributed by atoms with Crippen LogP contribution in [-0.2, 0) is 9.84 Å². The first-order valence-corrected chi connectivity index (χ1v) is 8.25. The first-order chi connectivity index (χ1) is 9.41. The lowest BCUT2D eigenvalue weighted by molar-refractivity contribution is 0.251. The van der Waals surface area contributed by atoms with Crippen LogP contribution >= 0.6 is 11.6 Å². The van der Waals surface area contributed by atoms with Gasteiger partial charge in [-0.1, -0.05) is 11.6 Å². The largest absolute Gasteiger partial charge is 0.497 e. The van der Waals surface area contributed by atoms with Crippen molar-refractivity contribution in [2.24, 2.45) is 0 Å². The molecule has 2 amide bonds. The number of hydrogen-bond acceptors (Lipinski definition) is 4. The molecule has 2 aliphatic rings. The molecule has 0 aliphatic carbocycles. The lowest BCUT2D eigenvalue weighted by Crippen LogP contribution is -2.37. The van der Waals surface area contributed by atoms with E-state index >= 15 is 0 Å². The molecule has 0 aromatic heterocycles. The first-order valence-electron chi connectivity index (χ1n) is 6.05. The van der Waals surface area contributed by atoms with Gasteiger partial charge in [-0.2, -0.15) is 0 Å². The molecular weight excluding hydrogens is 304 g/mol. The number of anilines is 1. The number of rotatable bonds is 2. The van der Waals surface area contributed by atoms with Crippen LogP contribution in [0.25, 0.3) is 0 Å². The summed E-state index contributed by atoms with van der Waals surface area (Å²) in [6.07, 6.45) is 0. The minimum Gasteiger partial charge on any atom is -0.497 e. The Morgan fingerprint density at radius 1 is 1.40 bits per heavy atom. The minimum absolute atomic E-state index is 0.0202. The fourth-order valence-electron chi connectivity index (χ4n) is 2.70. The maximum atomic E-state index is 12.0. The Labute approximate surface area is 121 Å². The third kappa shape index (κ3) is 2.10. The van der Waals surface area contributed by atoms with Crippen LogP contribution in [0, 0.1) is 0 Å². The number of ether oxygens (including phenoxy) is 1. The summed E-state index contributed by atoms with van der Waals surface area (Å²) in [5, 5.41) is 3.05. The topological polar surface area (TPSA) is 75.7 Å². The fraction of sp³-hybridized carbons (Fsp3) is 0.417. The molecule has 20 heavy (non-hydrogen) atoms. The third-order valence-corrected chi connectivity index (χ3v) is 5.62. The predicted molar refractivity (Wildman–Crippen MR) is 75.2 cm³/mol. The van der Waals surface area contributed by atoms with E-state index in [1.807, 2.05) is 0 Å². The van der Waals surface area contributed by atoms with E-state index in [0.717, 1.165) is 0 Å². The lowest BCUT2D eigenvalue weighted by atomic mass is 10.1. The highest BCUT2D eigenvalue weighted by atomic mass is 35.5. The van der Waals surface area contributed by atoms with Gasteiger partial charge in [-0.05, 0) is 12.1 Å². The average Bonchev–Trinajstić information content (AvgIpc) is 2.80. The molecule has 0 unspecified atom stereocenters. The quantitative estimate of drug-likeness (QED) is 0.827. The standard InChI is InChI=1S/C12H13ClN2O4S/c1-19-7-2-3-10(8(13)4-7)15-11-6-20(17,18)5-9(11)14-12(15)16/h2-4,9,11H,5-6H2,1H3,(H,14,16)/t9-,11-/m1/s1. The lowest BCUT2D eigenvalue weighted by Gasteiger charge is -2.22. The molecule has 8 heteroatoms. The minimum atomic E-state index is -3.12. The number of amides is 2. The Morgan fingerprint density at radius 3 is 2.80 bits per heavy atom. The van der Waals surface area contributed by atoms with Crippen molar-refractivity contribution in [2.45, 2.75) is 12.1 Å². The smallest absolute Gasteiger partial charge is 0.322 e. The number of halogens is 1. The van der Waals surface area contributed by atoms with Gasteiger partial charge in [-0.3, -0.25) is 4.90 Å². The molecule has 6 nitrogen and oxygen atoms in total. The summed E-state index contributed by atoms with van der Waals surface area (Å²) < 4.78 is 28.4. The van der Waals surface area contributed by atoms with Gasteiger partial charge in [0, 0.05) is 6.07 Å². The number of hydrogen-bond donors (Lipinski definition) is 1. The highest BCUT2D eigenvalue weighted by Crippen LogP contribution is 2.35. The monoisotopic (exact) mass is 316 g/mol. The molecule has 2 fully saturated rings. The van der Waals surface area contributed by atoms with Crippen LogP contribution in [0.1, 0.15) is 0 Å². The molecule has 0 radical (unpaired) electrons. The molecular formula is C12H13ClN2O4S. The van der Waals surface area contributed by atoms with Gasteiger partial charge in [0.15, 0.2) is 9.84 Å². The first kappa shape index (κ1) is 13.5. The number of methoxy groups -OCH3 is 1. The van der Waals surface area contributed by atoms with Crippen molar-refractivity contribution in [1.29, 1.82) is 0 Å². The highest BCUT2D eigenvalue weighted by Gasteiger charge is 2.49. The fourth-order valence-corrected chi connectivity index (χ4v) is 4.85. The molecule has 0 saturated carbocycles. The molecule has 108 valence electrons. The number of sulfone groups is 1. The Balaban J connectivity index is 1.99. The Hall–Kier alpha value is -1.47. The van der Waals surface area contributed by atoms with Crippen LogP contribution in [0.3, 0.4) is 0 Å². The molecule has 1 aromatic carbocycles. The van der Waals surface area contributed by atoms with Crippen molar-refractivity contribution in [3.05, 3.63) is 23.2 Å². The maximum Gasteiger partial charge on any atom is 0.322 e. The van der Waals surface area contributed by atoms with E-state index in [1.54, 1.807) is 18.2 Å². The SMILES string of the molecule is COc1ccc(N2C(=O)N[C@@H]3CS(=O)(=O)C[C@H]32)c(Cl)c1. The molecule has 2 heterocycles. The van der Waals surface area contributed by atoms with Crippen LogP contribution in [0.2, 0.25) is 5.02 Å². The van der Waals surface area contributed by atoms with Crippen molar-refractivity contribution in [1.82, 2.24) is 5.32 Å². The summed E-state index contributed by atoms with van der Waals surface area (Å²) >= 11 is 6.16. The Kier molecular flexibility index (Phi) is 3.06. The van der Waals surface area contributed by atoms with E-state index in [1.165, 1.54) is 12.0 Å². The Bertz CT molecular complexity index is 676. The van der Waals surface area contributed by atoms with Gasteiger partial charge in [0.1, 0.15) is 5.75 Å². The van der Waals surface area contributed by atoms with Crippen molar-refractivity contribution in [2.75, 3.05) is 23.5 Å². The third-order valence-electron chi connectivity index (χ3n) is 3.60. The molecule has 2 saturated heterocycles. The van der Waals surface area contributed by atoms with Gasteiger partial charge in [0.05, 0.1) is 41.4 Å². The summed E-state index contributed by atoms with van der Waals surface area (Å²) in [4.78, 5) is 13.5. The zero-order valence-corrected chi connectivity index (χ0v) is 12.2. The van der Waals surface area contributed by atoms with Crippen molar-refractivity contribution in [3.63, 3.8) is 0 Å². The molecule has 2 atom stereocenters. The number of nitrogens with zero attached hydrogens (tertiary/aromatic N) is 1. The van der Waals surface area contributed by atoms with Gasteiger partial charge in [0.25, 0.3) is 0 Å². The molecule has 2 aliphatic heterocycles. The van der Waals surface area contributed by atoms with E-state index in [-0.39, 0.29) is 23.6 Å². The van der Waals surface area contributed by atoms with Gasteiger partial charge in [-0.25, -0.2) is 13.2 Å². The van der Waals surface area contributed by atoms with Crippen LogP contribution in [0.15, 0.2) is 18.2 Å². The maximum absolute atomic E-state index is 12.0. The van der Waals surface area contributed by atoms with Crippen LogP contribution < -0.4 is 15.0 Å². The number of carbonyl (C=O) groups excluding carboxylic acids is 1.